The van der Waals surface area contributed by atoms with E-state index in [9.17, 15) is 14.4 Å². The minimum atomic E-state index is -0.581. The Bertz CT molecular complexity index is 988. The van der Waals surface area contributed by atoms with E-state index in [1.165, 1.54) is 6.21 Å². The average molecular weight is 427 g/mol. The largest absolute Gasteiger partial charge is 0.488 e. The van der Waals surface area contributed by atoms with Crippen molar-refractivity contribution < 1.29 is 9.53 Å². The van der Waals surface area contributed by atoms with Gasteiger partial charge in [-0.15, -0.1) is 0 Å². The molecule has 1 aromatic heterocycles. The molecule has 0 radical (unpaired) electrons. The zero-order valence-electron chi connectivity index (χ0n) is 15.6. The zero-order valence-corrected chi connectivity index (χ0v) is 17.1. The lowest BCUT2D eigenvalue weighted by Gasteiger charge is -2.13. The number of benzene rings is 1. The van der Waals surface area contributed by atoms with Gasteiger partial charge in [0.05, 0.1) is 22.4 Å². The van der Waals surface area contributed by atoms with E-state index < -0.39 is 17.2 Å². The minimum absolute atomic E-state index is 0.0238. The van der Waals surface area contributed by atoms with Gasteiger partial charge in [-0.25, -0.2) is 10.2 Å². The molecule has 8 nitrogen and oxygen atoms in total. The van der Waals surface area contributed by atoms with Gasteiger partial charge in [-0.1, -0.05) is 23.2 Å². The van der Waals surface area contributed by atoms with Crippen LogP contribution in [0.5, 0.6) is 5.75 Å². The molecule has 28 heavy (non-hydrogen) atoms. The molecule has 10 heteroatoms. The summed E-state index contributed by atoms with van der Waals surface area (Å²) in [5.74, 6) is -0.000724. The number of aromatic nitrogens is 2. The van der Waals surface area contributed by atoms with E-state index in [0.29, 0.717) is 32.6 Å². The third kappa shape index (κ3) is 5.97. The van der Waals surface area contributed by atoms with Crippen LogP contribution < -0.4 is 21.4 Å². The Morgan fingerprint density at radius 1 is 1.25 bits per heavy atom. The first-order chi connectivity index (χ1) is 13.2. The van der Waals surface area contributed by atoms with Crippen LogP contribution in [0.15, 0.2) is 26.8 Å². The average Bonchev–Trinajstić information content (AvgIpc) is 2.57. The molecular weight excluding hydrogens is 407 g/mol. The lowest BCUT2D eigenvalue weighted by molar-refractivity contribution is -0.121. The first-order valence-corrected chi connectivity index (χ1v) is 9.22. The maximum Gasteiger partial charge on any atom is 0.325 e. The molecule has 0 saturated heterocycles. The third-order valence-electron chi connectivity index (χ3n) is 3.63. The summed E-state index contributed by atoms with van der Waals surface area (Å²) < 4.78 is 5.55. The van der Waals surface area contributed by atoms with E-state index in [2.05, 4.69) is 20.5 Å². The fourth-order valence-electron chi connectivity index (χ4n) is 2.40. The summed E-state index contributed by atoms with van der Waals surface area (Å²) in [6, 6.07) is 3.23. The molecule has 150 valence electrons. The highest BCUT2D eigenvalue weighted by Crippen LogP contribution is 2.34. The third-order valence-corrected chi connectivity index (χ3v) is 4.20. The lowest BCUT2D eigenvalue weighted by atomic mass is 10.1. The summed E-state index contributed by atoms with van der Waals surface area (Å²) in [6.07, 6.45) is 1.51. The fourth-order valence-corrected chi connectivity index (χ4v) is 3.00. The fraction of sp³-hybridized carbons (Fsp3) is 0.333. The number of nitrogens with zero attached hydrogens (tertiary/aromatic N) is 1. The number of ether oxygens (including phenoxy) is 1. The van der Waals surface area contributed by atoms with Crippen LogP contribution in [0.1, 0.15) is 37.1 Å². The van der Waals surface area contributed by atoms with E-state index in [4.69, 9.17) is 27.9 Å². The second-order valence-corrected chi connectivity index (χ2v) is 7.10. The van der Waals surface area contributed by atoms with Gasteiger partial charge < -0.3 is 9.72 Å². The summed E-state index contributed by atoms with van der Waals surface area (Å²) >= 11 is 12.3. The van der Waals surface area contributed by atoms with Crippen molar-refractivity contribution in [3.05, 3.63) is 59.8 Å². The number of H-pyrrole nitrogens is 2. The van der Waals surface area contributed by atoms with Crippen LogP contribution in [-0.2, 0) is 11.2 Å². The Hall–Kier alpha value is -2.58. The highest BCUT2D eigenvalue weighted by atomic mass is 35.5. The summed E-state index contributed by atoms with van der Waals surface area (Å²) in [7, 11) is 0. The smallest absolute Gasteiger partial charge is 0.325 e. The number of carbonyl (C=O) groups is 1. The quantitative estimate of drug-likeness (QED) is 0.465. The zero-order chi connectivity index (χ0) is 20.8. The number of rotatable bonds is 7. The molecule has 2 aromatic rings. The van der Waals surface area contributed by atoms with Crippen LogP contribution in [0, 0.1) is 6.92 Å². The molecule has 0 aliphatic carbocycles. The van der Waals surface area contributed by atoms with E-state index in [-0.39, 0.29) is 18.9 Å². The second kappa shape index (κ2) is 9.57. The Kier molecular flexibility index (Phi) is 7.42. The van der Waals surface area contributed by atoms with Crippen molar-refractivity contribution in [3.63, 3.8) is 0 Å². The molecule has 1 heterocycles. The molecule has 0 aliphatic rings. The van der Waals surface area contributed by atoms with Crippen LogP contribution in [0.3, 0.4) is 0 Å². The van der Waals surface area contributed by atoms with Crippen LogP contribution >= 0.6 is 23.2 Å². The first-order valence-electron chi connectivity index (χ1n) is 8.47. The number of nitrogens with one attached hydrogen (secondary N) is 3. The van der Waals surface area contributed by atoms with Crippen molar-refractivity contribution >= 4 is 35.3 Å². The molecule has 0 fully saturated rings. The Balaban J connectivity index is 1.97. The molecular formula is C18H20Cl2N4O4. The van der Waals surface area contributed by atoms with Gasteiger partial charge in [0.1, 0.15) is 0 Å². The van der Waals surface area contributed by atoms with Crippen LogP contribution in [-0.4, -0.2) is 28.2 Å². The number of carbonyl (C=O) groups excluding carboxylic acids is 1. The molecule has 0 saturated carbocycles. The minimum Gasteiger partial charge on any atom is -0.488 e. The molecule has 1 aromatic carbocycles. The molecule has 0 bridgehead atoms. The predicted molar refractivity (Wildman–Crippen MR) is 109 cm³/mol. The maximum atomic E-state index is 11.9. The number of aromatic amines is 2. The standard InChI is InChI=1S/C18H20Cl2N4O4/c1-9(2)28-16-13(19)6-11(7-14(16)20)8-21-24-15(25)5-4-12-10(3)22-18(27)23-17(12)26/h6-9H,4-5H2,1-3H3,(H,24,25)(H2,22,23,26,27)/b21-8+. The molecule has 0 atom stereocenters. The van der Waals surface area contributed by atoms with Gasteiger partial charge in [0.15, 0.2) is 5.75 Å². The Morgan fingerprint density at radius 2 is 1.89 bits per heavy atom. The van der Waals surface area contributed by atoms with Crippen molar-refractivity contribution in [2.24, 2.45) is 5.10 Å². The van der Waals surface area contributed by atoms with Crippen molar-refractivity contribution in [3.8, 4) is 5.75 Å². The highest BCUT2D eigenvalue weighted by Gasteiger charge is 2.11. The Morgan fingerprint density at radius 3 is 2.46 bits per heavy atom. The number of hydrogen-bond donors (Lipinski definition) is 3. The first kappa shape index (κ1) is 21.7. The van der Waals surface area contributed by atoms with Crippen molar-refractivity contribution in [2.45, 2.75) is 39.7 Å². The molecule has 3 N–H and O–H groups in total. The van der Waals surface area contributed by atoms with Gasteiger partial charge in [-0.2, -0.15) is 5.10 Å². The number of hydrogen-bond acceptors (Lipinski definition) is 5. The van der Waals surface area contributed by atoms with E-state index in [0.717, 1.165) is 0 Å². The van der Waals surface area contributed by atoms with Gasteiger partial charge in [-0.3, -0.25) is 14.6 Å². The summed E-state index contributed by atoms with van der Waals surface area (Å²) in [4.78, 5) is 39.5. The van der Waals surface area contributed by atoms with Crippen molar-refractivity contribution in [1.29, 1.82) is 0 Å². The van der Waals surface area contributed by atoms with E-state index in [1.807, 2.05) is 13.8 Å². The second-order valence-electron chi connectivity index (χ2n) is 6.29. The predicted octanol–water partition coefficient (Wildman–Crippen LogP) is 2.55. The number of amides is 1. The lowest BCUT2D eigenvalue weighted by Crippen LogP contribution is -2.28. The van der Waals surface area contributed by atoms with Crippen LogP contribution in [0.25, 0.3) is 0 Å². The van der Waals surface area contributed by atoms with E-state index in [1.54, 1.807) is 19.1 Å². The van der Waals surface area contributed by atoms with Crippen molar-refractivity contribution in [2.75, 3.05) is 0 Å². The molecule has 2 rings (SSSR count). The van der Waals surface area contributed by atoms with Gasteiger partial charge >= 0.3 is 5.69 Å². The maximum absolute atomic E-state index is 11.9. The monoisotopic (exact) mass is 426 g/mol. The topological polar surface area (TPSA) is 116 Å². The Labute approximate surface area is 170 Å². The molecule has 0 aliphatic heterocycles. The van der Waals surface area contributed by atoms with E-state index >= 15 is 0 Å². The van der Waals surface area contributed by atoms with Crippen molar-refractivity contribution in [1.82, 2.24) is 15.4 Å². The van der Waals surface area contributed by atoms with Gasteiger partial charge in [0.2, 0.25) is 5.91 Å². The molecule has 1 amide bonds. The summed E-state index contributed by atoms with van der Waals surface area (Å²) in [6.45, 7) is 5.32. The normalized spacial score (nSPS) is 11.2. The number of hydrazone groups is 1. The van der Waals surface area contributed by atoms with Crippen LogP contribution in [0.4, 0.5) is 0 Å². The number of halogens is 2. The summed E-state index contributed by atoms with van der Waals surface area (Å²) in [5.41, 5.74) is 2.63. The molecule has 0 spiro atoms. The van der Waals surface area contributed by atoms with Gasteiger partial charge in [-0.05, 0) is 44.9 Å². The van der Waals surface area contributed by atoms with Gasteiger partial charge in [0.25, 0.3) is 5.56 Å². The summed E-state index contributed by atoms with van der Waals surface area (Å²) in [5, 5.41) is 4.53. The SMILES string of the molecule is Cc1[nH]c(=O)[nH]c(=O)c1CCC(=O)N/N=C/c1cc(Cl)c(OC(C)C)c(Cl)c1. The molecule has 0 unspecified atom stereocenters. The highest BCUT2D eigenvalue weighted by molar-refractivity contribution is 6.37. The van der Waals surface area contributed by atoms with Crippen LogP contribution in [0.2, 0.25) is 10.0 Å². The van der Waals surface area contributed by atoms with Gasteiger partial charge in [0, 0.05) is 17.7 Å². The number of aryl methyl sites for hydroxylation is 1.